The highest BCUT2D eigenvalue weighted by atomic mass is 16.5. The summed E-state index contributed by atoms with van der Waals surface area (Å²) < 4.78 is 11.0. The maximum atomic E-state index is 11.9. The minimum atomic E-state index is -0.0788. The van der Waals surface area contributed by atoms with Gasteiger partial charge in [-0.05, 0) is 57.3 Å². The number of hydrogen-bond acceptors (Lipinski definition) is 4. The van der Waals surface area contributed by atoms with Gasteiger partial charge in [0.25, 0.3) is 0 Å². The quantitative estimate of drug-likeness (QED) is 0.772. The molecular formula is C18H28N2O3. The van der Waals surface area contributed by atoms with Gasteiger partial charge in [-0.25, -0.2) is 0 Å². The van der Waals surface area contributed by atoms with E-state index in [-0.39, 0.29) is 12.0 Å². The van der Waals surface area contributed by atoms with Gasteiger partial charge in [-0.15, -0.1) is 0 Å². The number of rotatable bonds is 8. The normalized spacial score (nSPS) is 16.6. The highest BCUT2D eigenvalue weighted by Crippen LogP contribution is 2.20. The predicted octanol–water partition coefficient (Wildman–Crippen LogP) is 2.36. The number of hydrogen-bond donors (Lipinski definition) is 2. The van der Waals surface area contributed by atoms with Crippen molar-refractivity contribution in [2.45, 2.75) is 38.7 Å². The van der Waals surface area contributed by atoms with Crippen LogP contribution in [0.1, 0.15) is 32.6 Å². The minimum Gasteiger partial charge on any atom is -0.497 e. The van der Waals surface area contributed by atoms with Gasteiger partial charge in [-0.2, -0.15) is 0 Å². The molecule has 0 aromatic heterocycles. The van der Waals surface area contributed by atoms with E-state index < -0.39 is 0 Å². The molecule has 128 valence electrons. The van der Waals surface area contributed by atoms with E-state index >= 15 is 0 Å². The summed E-state index contributed by atoms with van der Waals surface area (Å²) >= 11 is 0. The molecule has 1 aliphatic rings. The third-order valence-corrected chi connectivity index (χ3v) is 4.20. The Labute approximate surface area is 138 Å². The average Bonchev–Trinajstić information content (AvgIpc) is 2.59. The summed E-state index contributed by atoms with van der Waals surface area (Å²) in [6.07, 6.45) is 3.88. The van der Waals surface area contributed by atoms with Crippen LogP contribution in [0.15, 0.2) is 24.3 Å². The molecule has 0 radical (unpaired) electrons. The Hall–Kier alpha value is -1.75. The second kappa shape index (κ2) is 9.40. The van der Waals surface area contributed by atoms with Gasteiger partial charge in [0.2, 0.25) is 5.91 Å². The second-order valence-electron chi connectivity index (χ2n) is 6.14. The predicted molar refractivity (Wildman–Crippen MR) is 90.9 cm³/mol. The standard InChI is InChI=1S/C18H28N2O3/c1-14(23-17-5-3-4-16(12-17)22-2)13-20-18(21)7-6-15-8-10-19-11-9-15/h3-5,12,14-15,19H,6-11,13H2,1-2H3,(H,20,21). The Balaban J connectivity index is 1.64. The molecule has 0 aliphatic carbocycles. The molecule has 0 bridgehead atoms. The molecule has 1 aliphatic heterocycles. The van der Waals surface area contributed by atoms with Gasteiger partial charge >= 0.3 is 0 Å². The smallest absolute Gasteiger partial charge is 0.220 e. The maximum Gasteiger partial charge on any atom is 0.220 e. The number of carbonyl (C=O) groups is 1. The topological polar surface area (TPSA) is 59.6 Å². The fraction of sp³-hybridized carbons (Fsp3) is 0.611. The molecule has 5 nitrogen and oxygen atoms in total. The van der Waals surface area contributed by atoms with Crippen molar-refractivity contribution < 1.29 is 14.3 Å². The summed E-state index contributed by atoms with van der Waals surface area (Å²) in [5.74, 6) is 2.32. The fourth-order valence-corrected chi connectivity index (χ4v) is 2.80. The maximum absolute atomic E-state index is 11.9. The molecule has 1 unspecified atom stereocenters. The number of piperidine rings is 1. The van der Waals surface area contributed by atoms with Crippen molar-refractivity contribution >= 4 is 5.91 Å². The van der Waals surface area contributed by atoms with Crippen LogP contribution in [-0.4, -0.2) is 38.8 Å². The molecule has 2 N–H and O–H groups in total. The van der Waals surface area contributed by atoms with Crippen molar-refractivity contribution in [1.82, 2.24) is 10.6 Å². The number of amides is 1. The van der Waals surface area contributed by atoms with Crippen LogP contribution >= 0.6 is 0 Å². The zero-order valence-electron chi connectivity index (χ0n) is 14.1. The van der Waals surface area contributed by atoms with Crippen LogP contribution in [0.25, 0.3) is 0 Å². The molecule has 1 heterocycles. The lowest BCUT2D eigenvalue weighted by Gasteiger charge is -2.22. The SMILES string of the molecule is COc1cccc(OC(C)CNC(=O)CCC2CCNCC2)c1. The van der Waals surface area contributed by atoms with Gasteiger partial charge in [0.1, 0.15) is 17.6 Å². The van der Waals surface area contributed by atoms with Gasteiger partial charge in [0, 0.05) is 12.5 Å². The Morgan fingerprint density at radius 3 is 2.83 bits per heavy atom. The summed E-state index contributed by atoms with van der Waals surface area (Å²) in [4.78, 5) is 11.9. The average molecular weight is 320 g/mol. The highest BCUT2D eigenvalue weighted by molar-refractivity contribution is 5.75. The lowest BCUT2D eigenvalue weighted by Crippen LogP contribution is -2.34. The van der Waals surface area contributed by atoms with E-state index in [0.717, 1.165) is 31.0 Å². The summed E-state index contributed by atoms with van der Waals surface area (Å²) in [6, 6.07) is 7.49. The minimum absolute atomic E-state index is 0.0788. The van der Waals surface area contributed by atoms with Crippen molar-refractivity contribution in [2.75, 3.05) is 26.7 Å². The summed E-state index contributed by atoms with van der Waals surface area (Å²) in [5.41, 5.74) is 0. The fourth-order valence-electron chi connectivity index (χ4n) is 2.80. The molecule has 2 rings (SSSR count). The highest BCUT2D eigenvalue weighted by Gasteiger charge is 2.15. The van der Waals surface area contributed by atoms with E-state index in [1.54, 1.807) is 7.11 Å². The van der Waals surface area contributed by atoms with E-state index in [2.05, 4.69) is 10.6 Å². The summed E-state index contributed by atoms with van der Waals surface area (Å²) in [6.45, 7) is 4.63. The Morgan fingerprint density at radius 2 is 2.09 bits per heavy atom. The van der Waals surface area contributed by atoms with Gasteiger partial charge in [-0.1, -0.05) is 6.07 Å². The van der Waals surface area contributed by atoms with E-state index in [1.165, 1.54) is 12.8 Å². The molecule has 1 fully saturated rings. The monoisotopic (exact) mass is 320 g/mol. The molecule has 23 heavy (non-hydrogen) atoms. The second-order valence-corrected chi connectivity index (χ2v) is 6.14. The van der Waals surface area contributed by atoms with Crippen molar-refractivity contribution in [1.29, 1.82) is 0 Å². The lowest BCUT2D eigenvalue weighted by molar-refractivity contribution is -0.121. The molecule has 0 saturated carbocycles. The van der Waals surface area contributed by atoms with Crippen LogP contribution in [0.5, 0.6) is 11.5 Å². The third-order valence-electron chi connectivity index (χ3n) is 4.20. The van der Waals surface area contributed by atoms with Crippen molar-refractivity contribution in [3.8, 4) is 11.5 Å². The Bertz CT molecular complexity index is 487. The molecular weight excluding hydrogens is 292 g/mol. The third kappa shape index (κ3) is 6.48. The van der Waals surface area contributed by atoms with Crippen molar-refractivity contribution in [2.24, 2.45) is 5.92 Å². The first-order chi connectivity index (χ1) is 11.2. The molecule has 1 aromatic carbocycles. The molecule has 1 amide bonds. The number of nitrogens with one attached hydrogen (secondary N) is 2. The lowest BCUT2D eigenvalue weighted by atomic mass is 9.93. The number of benzene rings is 1. The molecule has 1 atom stereocenters. The van der Waals surface area contributed by atoms with Gasteiger partial charge in [0.05, 0.1) is 13.7 Å². The van der Waals surface area contributed by atoms with Crippen LogP contribution < -0.4 is 20.1 Å². The first-order valence-electron chi connectivity index (χ1n) is 8.45. The molecule has 1 saturated heterocycles. The Kier molecular flexibility index (Phi) is 7.20. The first kappa shape index (κ1) is 17.6. The zero-order chi connectivity index (χ0) is 16.5. The van der Waals surface area contributed by atoms with Crippen molar-refractivity contribution in [3.63, 3.8) is 0 Å². The van der Waals surface area contributed by atoms with E-state index in [9.17, 15) is 4.79 Å². The van der Waals surface area contributed by atoms with Gasteiger partial charge < -0.3 is 20.1 Å². The Morgan fingerprint density at radius 1 is 1.35 bits per heavy atom. The van der Waals surface area contributed by atoms with E-state index in [4.69, 9.17) is 9.47 Å². The van der Waals surface area contributed by atoms with Crippen LogP contribution in [0.2, 0.25) is 0 Å². The molecule has 1 aromatic rings. The summed E-state index contributed by atoms with van der Waals surface area (Å²) in [7, 11) is 1.63. The first-order valence-corrected chi connectivity index (χ1v) is 8.45. The van der Waals surface area contributed by atoms with Gasteiger partial charge in [0.15, 0.2) is 0 Å². The number of carbonyl (C=O) groups excluding carboxylic acids is 1. The van der Waals surface area contributed by atoms with Crippen LogP contribution in [0, 0.1) is 5.92 Å². The van der Waals surface area contributed by atoms with Crippen molar-refractivity contribution in [3.05, 3.63) is 24.3 Å². The largest absolute Gasteiger partial charge is 0.497 e. The number of ether oxygens (including phenoxy) is 2. The van der Waals surface area contributed by atoms with Crippen LogP contribution in [0.3, 0.4) is 0 Å². The van der Waals surface area contributed by atoms with Gasteiger partial charge in [-0.3, -0.25) is 4.79 Å². The van der Waals surface area contributed by atoms with E-state index in [0.29, 0.717) is 18.9 Å². The van der Waals surface area contributed by atoms with E-state index in [1.807, 2.05) is 31.2 Å². The molecule has 0 spiro atoms. The molecule has 5 heteroatoms. The van der Waals surface area contributed by atoms with Crippen LogP contribution in [-0.2, 0) is 4.79 Å². The number of methoxy groups -OCH3 is 1. The zero-order valence-corrected chi connectivity index (χ0v) is 14.1. The summed E-state index contributed by atoms with van der Waals surface area (Å²) in [5, 5.41) is 6.31. The van der Waals surface area contributed by atoms with Crippen LogP contribution in [0.4, 0.5) is 0 Å².